The van der Waals surface area contributed by atoms with E-state index in [1.165, 1.54) is 0 Å². The van der Waals surface area contributed by atoms with E-state index in [-0.39, 0.29) is 0 Å². The summed E-state index contributed by atoms with van der Waals surface area (Å²) in [6.07, 6.45) is 4.45. The summed E-state index contributed by atoms with van der Waals surface area (Å²) in [5.41, 5.74) is 2.16. The maximum atomic E-state index is 9.17. The molecule has 0 bridgehead atoms. The van der Waals surface area contributed by atoms with Gasteiger partial charge in [-0.25, -0.2) is 4.98 Å². The molecule has 5 nitrogen and oxygen atoms in total. The highest BCUT2D eigenvalue weighted by molar-refractivity contribution is 5.46. The van der Waals surface area contributed by atoms with Crippen LogP contribution in [0.2, 0.25) is 0 Å². The lowest BCUT2D eigenvalue weighted by Crippen LogP contribution is -1.97. The van der Waals surface area contributed by atoms with Gasteiger partial charge in [0.15, 0.2) is 5.75 Å². The molecule has 0 saturated heterocycles. The fourth-order valence-electron chi connectivity index (χ4n) is 1.87. The first-order valence-electron chi connectivity index (χ1n) is 6.22. The van der Waals surface area contributed by atoms with E-state index < -0.39 is 0 Å². The second-order valence-corrected chi connectivity index (χ2v) is 4.41. The van der Waals surface area contributed by atoms with Crippen molar-refractivity contribution in [2.45, 2.75) is 33.7 Å². The number of hydrogen-bond donors (Lipinski definition) is 0. The Kier molecular flexibility index (Phi) is 3.81. The second-order valence-electron chi connectivity index (χ2n) is 4.41. The number of rotatable bonds is 4. The van der Waals surface area contributed by atoms with Crippen LogP contribution in [0.3, 0.4) is 0 Å². The van der Waals surface area contributed by atoms with Crippen LogP contribution in [-0.4, -0.2) is 14.8 Å². The van der Waals surface area contributed by atoms with Gasteiger partial charge < -0.3 is 4.74 Å². The van der Waals surface area contributed by atoms with Crippen molar-refractivity contribution in [3.8, 4) is 17.7 Å². The summed E-state index contributed by atoms with van der Waals surface area (Å²) in [4.78, 5) is 4.27. The van der Waals surface area contributed by atoms with E-state index in [0.29, 0.717) is 17.2 Å². The molecule has 0 unspecified atom stereocenters. The lowest BCUT2D eigenvalue weighted by molar-refractivity contribution is 0.458. The molecule has 0 spiro atoms. The first-order chi connectivity index (χ1) is 9.13. The van der Waals surface area contributed by atoms with Gasteiger partial charge in [0.1, 0.15) is 11.6 Å². The molecule has 0 aliphatic rings. The van der Waals surface area contributed by atoms with Gasteiger partial charge in [0.05, 0.1) is 12.4 Å². The van der Waals surface area contributed by atoms with Crippen molar-refractivity contribution in [2.24, 2.45) is 0 Å². The van der Waals surface area contributed by atoms with Crippen LogP contribution in [0, 0.1) is 25.2 Å². The second kappa shape index (κ2) is 5.53. The summed E-state index contributed by atoms with van der Waals surface area (Å²) in [6, 6.07) is 4.00. The number of ether oxygens (including phenoxy) is 1. The first-order valence-corrected chi connectivity index (χ1v) is 6.22. The van der Waals surface area contributed by atoms with Gasteiger partial charge in [0, 0.05) is 12.2 Å². The molecule has 0 saturated carbocycles. The number of nitriles is 1. The van der Waals surface area contributed by atoms with Crippen molar-refractivity contribution in [2.75, 3.05) is 0 Å². The average molecular weight is 256 g/mol. The third kappa shape index (κ3) is 2.91. The quantitative estimate of drug-likeness (QED) is 0.843. The third-order valence-electron chi connectivity index (χ3n) is 2.70. The summed E-state index contributed by atoms with van der Waals surface area (Å²) in [5, 5.41) is 13.4. The Balaban J connectivity index is 2.29. The van der Waals surface area contributed by atoms with Crippen LogP contribution >= 0.6 is 0 Å². The largest absolute Gasteiger partial charge is 0.434 e. The molecule has 0 radical (unpaired) electrons. The number of hydrogen-bond acceptors (Lipinski definition) is 4. The van der Waals surface area contributed by atoms with E-state index in [2.05, 4.69) is 23.1 Å². The van der Waals surface area contributed by atoms with Crippen molar-refractivity contribution >= 4 is 0 Å². The van der Waals surface area contributed by atoms with Gasteiger partial charge in [-0.2, -0.15) is 10.4 Å². The summed E-state index contributed by atoms with van der Waals surface area (Å²) in [7, 11) is 0. The van der Waals surface area contributed by atoms with Gasteiger partial charge in [-0.1, -0.05) is 6.92 Å². The van der Waals surface area contributed by atoms with E-state index >= 15 is 0 Å². The lowest BCUT2D eigenvalue weighted by Gasteiger charge is -2.07. The van der Waals surface area contributed by atoms with Gasteiger partial charge in [-0.05, 0) is 31.9 Å². The Morgan fingerprint density at radius 3 is 2.89 bits per heavy atom. The van der Waals surface area contributed by atoms with Gasteiger partial charge in [-0.3, -0.25) is 4.68 Å². The highest BCUT2D eigenvalue weighted by Gasteiger charge is 2.11. The maximum absolute atomic E-state index is 9.17. The van der Waals surface area contributed by atoms with Crippen molar-refractivity contribution in [1.29, 1.82) is 5.26 Å². The SMILES string of the molecule is CCCn1cc(Oc2nc(C)cc(C)c2C#N)cn1. The van der Waals surface area contributed by atoms with E-state index in [0.717, 1.165) is 24.2 Å². The molecular formula is C14H16N4O. The van der Waals surface area contributed by atoms with Crippen LogP contribution in [0.4, 0.5) is 0 Å². The van der Waals surface area contributed by atoms with Crippen LogP contribution in [0.1, 0.15) is 30.2 Å². The molecule has 0 aromatic carbocycles. The molecule has 2 aromatic rings. The molecular weight excluding hydrogens is 240 g/mol. The third-order valence-corrected chi connectivity index (χ3v) is 2.70. The zero-order valence-corrected chi connectivity index (χ0v) is 11.3. The van der Waals surface area contributed by atoms with E-state index in [1.54, 1.807) is 6.20 Å². The van der Waals surface area contributed by atoms with Crippen LogP contribution in [0.5, 0.6) is 11.6 Å². The predicted octanol–water partition coefficient (Wildman–Crippen LogP) is 2.97. The average Bonchev–Trinajstić information content (AvgIpc) is 2.76. The molecule has 0 atom stereocenters. The van der Waals surface area contributed by atoms with Gasteiger partial charge in [0.2, 0.25) is 5.88 Å². The highest BCUT2D eigenvalue weighted by Crippen LogP contribution is 2.25. The summed E-state index contributed by atoms with van der Waals surface area (Å²) >= 11 is 0. The zero-order chi connectivity index (χ0) is 13.8. The number of pyridine rings is 1. The van der Waals surface area contributed by atoms with Gasteiger partial charge in [0.25, 0.3) is 0 Å². The van der Waals surface area contributed by atoms with Crippen LogP contribution in [-0.2, 0) is 6.54 Å². The number of aromatic nitrogens is 3. The van der Waals surface area contributed by atoms with Gasteiger partial charge in [-0.15, -0.1) is 0 Å². The number of nitrogens with zero attached hydrogens (tertiary/aromatic N) is 4. The Labute approximate surface area is 112 Å². The molecule has 2 rings (SSSR count). The smallest absolute Gasteiger partial charge is 0.237 e. The molecule has 0 amide bonds. The van der Waals surface area contributed by atoms with E-state index in [9.17, 15) is 0 Å². The summed E-state index contributed by atoms with van der Waals surface area (Å²) in [5.74, 6) is 0.943. The fraction of sp³-hybridized carbons (Fsp3) is 0.357. The Hall–Kier alpha value is -2.35. The van der Waals surface area contributed by atoms with E-state index in [1.807, 2.05) is 30.8 Å². The lowest BCUT2D eigenvalue weighted by atomic mass is 10.1. The molecule has 0 aliphatic carbocycles. The van der Waals surface area contributed by atoms with E-state index in [4.69, 9.17) is 10.00 Å². The minimum absolute atomic E-state index is 0.344. The predicted molar refractivity (Wildman–Crippen MR) is 71.0 cm³/mol. The Morgan fingerprint density at radius 1 is 1.42 bits per heavy atom. The standard InChI is InChI=1S/C14H16N4O/c1-4-5-18-9-12(8-16-18)19-14-13(7-15)10(2)6-11(3)17-14/h6,8-9H,4-5H2,1-3H3. The zero-order valence-electron chi connectivity index (χ0n) is 11.3. The minimum Gasteiger partial charge on any atom is -0.434 e. The normalized spacial score (nSPS) is 10.2. The van der Waals surface area contributed by atoms with Crippen LogP contribution < -0.4 is 4.74 Å². The molecule has 2 aromatic heterocycles. The monoisotopic (exact) mass is 256 g/mol. The van der Waals surface area contributed by atoms with Crippen LogP contribution in [0.25, 0.3) is 0 Å². The Bertz CT molecular complexity index is 625. The molecule has 2 heterocycles. The molecule has 0 aliphatic heterocycles. The van der Waals surface area contributed by atoms with Crippen molar-refractivity contribution in [3.05, 3.63) is 35.3 Å². The molecule has 0 N–H and O–H groups in total. The Morgan fingerprint density at radius 2 is 2.21 bits per heavy atom. The highest BCUT2D eigenvalue weighted by atomic mass is 16.5. The molecule has 5 heteroatoms. The van der Waals surface area contributed by atoms with Gasteiger partial charge >= 0.3 is 0 Å². The van der Waals surface area contributed by atoms with Crippen molar-refractivity contribution in [1.82, 2.24) is 14.8 Å². The maximum Gasteiger partial charge on any atom is 0.237 e. The number of aryl methyl sites for hydroxylation is 3. The minimum atomic E-state index is 0.344. The first kappa shape index (κ1) is 13.1. The molecule has 98 valence electrons. The van der Waals surface area contributed by atoms with Crippen molar-refractivity contribution in [3.63, 3.8) is 0 Å². The van der Waals surface area contributed by atoms with Crippen LogP contribution in [0.15, 0.2) is 18.5 Å². The topological polar surface area (TPSA) is 63.7 Å². The fourth-order valence-corrected chi connectivity index (χ4v) is 1.87. The summed E-state index contributed by atoms with van der Waals surface area (Å²) in [6.45, 7) is 6.68. The van der Waals surface area contributed by atoms with Crippen molar-refractivity contribution < 1.29 is 4.74 Å². The molecule has 19 heavy (non-hydrogen) atoms. The molecule has 0 fully saturated rings. The summed E-state index contributed by atoms with van der Waals surface area (Å²) < 4.78 is 7.48.